The van der Waals surface area contributed by atoms with E-state index in [0.29, 0.717) is 18.5 Å². The number of carboxylic acids is 1. The Bertz CT molecular complexity index is 812. The van der Waals surface area contributed by atoms with Gasteiger partial charge in [0.25, 0.3) is 0 Å². The van der Waals surface area contributed by atoms with E-state index < -0.39 is 54.3 Å². The lowest BCUT2D eigenvalue weighted by Crippen LogP contribution is -2.54. The van der Waals surface area contributed by atoms with Gasteiger partial charge in [0.1, 0.15) is 12.1 Å². The third-order valence-corrected chi connectivity index (χ3v) is 4.92. The third kappa shape index (κ3) is 7.06. The lowest BCUT2D eigenvalue weighted by atomic mass is 10.1. The van der Waals surface area contributed by atoms with Gasteiger partial charge in [0.15, 0.2) is 0 Å². The number of carboxylic acid groups (broad SMARTS) is 1. The van der Waals surface area contributed by atoms with E-state index in [2.05, 4.69) is 20.6 Å². The number of amides is 4. The van der Waals surface area contributed by atoms with Crippen LogP contribution >= 0.6 is 0 Å². The lowest BCUT2D eigenvalue weighted by Gasteiger charge is -2.23. The number of nitrogens with two attached hydrogens (primary N) is 2. The van der Waals surface area contributed by atoms with Crippen LogP contribution < -0.4 is 22.1 Å². The van der Waals surface area contributed by atoms with Gasteiger partial charge in [-0.15, -0.1) is 0 Å². The summed E-state index contributed by atoms with van der Waals surface area (Å²) < 4.78 is 0. The van der Waals surface area contributed by atoms with Crippen LogP contribution in [0.3, 0.4) is 0 Å². The van der Waals surface area contributed by atoms with Gasteiger partial charge < -0.3 is 37.1 Å². The fourth-order valence-corrected chi connectivity index (χ4v) is 3.27. The van der Waals surface area contributed by atoms with Gasteiger partial charge in [-0.2, -0.15) is 0 Å². The van der Waals surface area contributed by atoms with Crippen LogP contribution in [0.2, 0.25) is 0 Å². The number of H-pyrrole nitrogens is 1. The van der Waals surface area contributed by atoms with Crippen LogP contribution in [0.15, 0.2) is 12.5 Å². The molecule has 1 saturated heterocycles. The molecule has 4 amide bonds. The van der Waals surface area contributed by atoms with Crippen LogP contribution in [0.25, 0.3) is 0 Å². The van der Waals surface area contributed by atoms with Gasteiger partial charge in [-0.1, -0.05) is 0 Å². The number of hydrogen-bond donors (Lipinski definition) is 6. The third-order valence-electron chi connectivity index (χ3n) is 4.92. The first-order valence-electron chi connectivity index (χ1n) is 9.80. The van der Waals surface area contributed by atoms with Crippen molar-refractivity contribution in [2.75, 3.05) is 13.1 Å². The summed E-state index contributed by atoms with van der Waals surface area (Å²) in [5.41, 5.74) is 11.6. The number of carbonyl (C=O) groups is 5. The highest BCUT2D eigenvalue weighted by molar-refractivity contribution is 5.93. The minimum Gasteiger partial charge on any atom is -0.480 e. The number of hydrogen-bond acceptors (Lipinski definition) is 7. The van der Waals surface area contributed by atoms with Gasteiger partial charge in [-0.25, -0.2) is 9.78 Å². The number of likely N-dealkylation sites (tertiary alicyclic amines) is 1. The van der Waals surface area contributed by atoms with Gasteiger partial charge in [0.05, 0.1) is 18.9 Å². The maximum Gasteiger partial charge on any atom is 0.326 e. The molecule has 0 saturated carbocycles. The monoisotopic (exact) mass is 437 g/mol. The number of nitrogens with one attached hydrogen (secondary N) is 3. The Labute approximate surface area is 177 Å². The van der Waals surface area contributed by atoms with Gasteiger partial charge in [-0.3, -0.25) is 19.2 Å². The van der Waals surface area contributed by atoms with E-state index in [1.165, 1.54) is 17.4 Å². The standard InChI is InChI=1S/C18H27N7O6/c19-11(6-10-7-21-9-23-10)16(28)24-12(3-4-14(20)26)17(29)22-8-15(27)25-5-1-2-13(25)18(30)31/h7,9,11-13H,1-6,8,19H2,(H2,20,26)(H,21,23)(H,22,29)(H,24,28)(H,30,31). The van der Waals surface area contributed by atoms with Crippen molar-refractivity contribution < 1.29 is 29.1 Å². The van der Waals surface area contributed by atoms with E-state index >= 15 is 0 Å². The number of nitrogens with zero attached hydrogens (tertiary/aromatic N) is 2. The Kier molecular flexibility index (Phi) is 8.49. The Morgan fingerprint density at radius 2 is 2.03 bits per heavy atom. The van der Waals surface area contributed by atoms with Crippen LogP contribution in [0.1, 0.15) is 31.4 Å². The molecule has 0 aromatic carbocycles. The molecular formula is C18H27N7O6. The first-order valence-corrected chi connectivity index (χ1v) is 9.80. The number of aromatic nitrogens is 2. The fraction of sp³-hybridized carbons (Fsp3) is 0.556. The van der Waals surface area contributed by atoms with Gasteiger partial charge in [0, 0.05) is 31.3 Å². The number of imidazole rings is 1. The summed E-state index contributed by atoms with van der Waals surface area (Å²) in [6.07, 6.45) is 3.76. The molecular weight excluding hydrogens is 410 g/mol. The predicted octanol–water partition coefficient (Wildman–Crippen LogP) is -2.78. The van der Waals surface area contributed by atoms with E-state index in [1.54, 1.807) is 0 Å². The lowest BCUT2D eigenvalue weighted by molar-refractivity contribution is -0.148. The highest BCUT2D eigenvalue weighted by Crippen LogP contribution is 2.17. The van der Waals surface area contributed by atoms with Crippen molar-refractivity contribution in [1.29, 1.82) is 0 Å². The molecule has 13 nitrogen and oxygen atoms in total. The molecule has 1 aliphatic rings. The second-order valence-electron chi connectivity index (χ2n) is 7.25. The van der Waals surface area contributed by atoms with E-state index in [4.69, 9.17) is 11.5 Å². The molecule has 13 heteroatoms. The summed E-state index contributed by atoms with van der Waals surface area (Å²) in [6, 6.07) is -3.04. The average Bonchev–Trinajstić information content (AvgIpc) is 3.40. The molecule has 170 valence electrons. The van der Waals surface area contributed by atoms with Crippen molar-refractivity contribution >= 4 is 29.6 Å². The van der Waals surface area contributed by atoms with Crippen LogP contribution in [0.5, 0.6) is 0 Å². The summed E-state index contributed by atoms with van der Waals surface area (Å²) in [5.74, 6) is -3.64. The molecule has 0 aliphatic carbocycles. The number of rotatable bonds is 11. The Morgan fingerprint density at radius 3 is 2.65 bits per heavy atom. The van der Waals surface area contributed by atoms with Gasteiger partial charge in [0.2, 0.25) is 23.6 Å². The second kappa shape index (κ2) is 11.1. The molecule has 2 rings (SSSR count). The van der Waals surface area contributed by atoms with Crippen molar-refractivity contribution in [3.05, 3.63) is 18.2 Å². The van der Waals surface area contributed by atoms with Crippen LogP contribution in [0.4, 0.5) is 0 Å². The molecule has 1 aromatic heterocycles. The number of aromatic amines is 1. The maximum atomic E-state index is 12.5. The molecule has 3 atom stereocenters. The van der Waals surface area contributed by atoms with Crippen molar-refractivity contribution in [3.8, 4) is 0 Å². The van der Waals surface area contributed by atoms with Gasteiger partial charge >= 0.3 is 5.97 Å². The van der Waals surface area contributed by atoms with Gasteiger partial charge in [-0.05, 0) is 19.3 Å². The topological polar surface area (TPSA) is 214 Å². The van der Waals surface area contributed by atoms with Crippen molar-refractivity contribution in [2.24, 2.45) is 11.5 Å². The highest BCUT2D eigenvalue weighted by Gasteiger charge is 2.34. The van der Waals surface area contributed by atoms with E-state index in [-0.39, 0.29) is 25.8 Å². The minimum atomic E-state index is -1.14. The molecule has 0 spiro atoms. The van der Waals surface area contributed by atoms with E-state index in [0.717, 1.165) is 0 Å². The predicted molar refractivity (Wildman–Crippen MR) is 106 cm³/mol. The quantitative estimate of drug-likeness (QED) is 0.212. The van der Waals surface area contributed by atoms with Crippen molar-refractivity contribution in [3.63, 3.8) is 0 Å². The zero-order valence-corrected chi connectivity index (χ0v) is 16.9. The molecule has 0 bridgehead atoms. The number of aliphatic carboxylic acids is 1. The SMILES string of the molecule is NC(=O)CCC(NC(=O)C(N)Cc1cnc[nH]1)C(=O)NCC(=O)N1CCCC1C(=O)O. The average molecular weight is 437 g/mol. The number of primary amides is 1. The fourth-order valence-electron chi connectivity index (χ4n) is 3.27. The Morgan fingerprint density at radius 1 is 1.29 bits per heavy atom. The van der Waals surface area contributed by atoms with E-state index in [1.807, 2.05) is 0 Å². The summed E-state index contributed by atoms with van der Waals surface area (Å²) in [6.45, 7) is -0.151. The Hall–Kier alpha value is -3.48. The summed E-state index contributed by atoms with van der Waals surface area (Å²) >= 11 is 0. The molecule has 2 heterocycles. The molecule has 3 unspecified atom stereocenters. The van der Waals surface area contributed by atoms with Crippen LogP contribution in [-0.2, 0) is 30.4 Å². The van der Waals surface area contributed by atoms with Crippen LogP contribution in [-0.4, -0.2) is 80.8 Å². The normalized spacial score (nSPS) is 17.6. The van der Waals surface area contributed by atoms with E-state index in [9.17, 15) is 29.1 Å². The summed E-state index contributed by atoms with van der Waals surface area (Å²) in [4.78, 5) is 67.4. The smallest absolute Gasteiger partial charge is 0.326 e. The highest BCUT2D eigenvalue weighted by atomic mass is 16.4. The molecule has 8 N–H and O–H groups in total. The molecule has 31 heavy (non-hydrogen) atoms. The van der Waals surface area contributed by atoms with Crippen molar-refractivity contribution in [1.82, 2.24) is 25.5 Å². The molecule has 1 aromatic rings. The molecule has 1 aliphatic heterocycles. The minimum absolute atomic E-state index is 0.0840. The summed E-state index contributed by atoms with van der Waals surface area (Å²) in [7, 11) is 0. The Balaban J connectivity index is 1.93. The molecule has 0 radical (unpaired) electrons. The second-order valence-corrected chi connectivity index (χ2v) is 7.25. The van der Waals surface area contributed by atoms with Crippen LogP contribution in [0, 0.1) is 0 Å². The number of carbonyl (C=O) groups excluding carboxylic acids is 4. The molecule has 1 fully saturated rings. The summed E-state index contributed by atoms with van der Waals surface area (Å²) in [5, 5.41) is 14.0. The first-order chi connectivity index (χ1) is 14.7. The maximum absolute atomic E-state index is 12.5. The first kappa shape index (κ1) is 23.8. The zero-order valence-electron chi connectivity index (χ0n) is 16.9. The zero-order chi connectivity index (χ0) is 23.0. The largest absolute Gasteiger partial charge is 0.480 e. The van der Waals surface area contributed by atoms with Crippen molar-refractivity contribution in [2.45, 2.75) is 50.2 Å².